The lowest BCUT2D eigenvalue weighted by molar-refractivity contribution is -0.122. The number of H-pyrrole nitrogens is 1. The van der Waals surface area contributed by atoms with Gasteiger partial charge in [-0.05, 0) is 19.8 Å². The Morgan fingerprint density at radius 3 is 2.75 bits per heavy atom. The Hall–Kier alpha value is -1.32. The summed E-state index contributed by atoms with van der Waals surface area (Å²) >= 11 is 0. The lowest BCUT2D eigenvalue weighted by Crippen LogP contribution is -2.20. The first-order chi connectivity index (χ1) is 7.66. The first kappa shape index (κ1) is 11.2. The fourth-order valence-corrected chi connectivity index (χ4v) is 2.40. The maximum absolute atomic E-state index is 11.8. The van der Waals surface area contributed by atoms with Crippen LogP contribution in [-0.4, -0.2) is 15.6 Å². The molecule has 0 saturated heterocycles. The lowest BCUT2D eigenvalue weighted by atomic mass is 10.0. The first-order valence-corrected chi connectivity index (χ1v) is 5.96. The summed E-state index contributed by atoms with van der Waals surface area (Å²) in [5.74, 6) is 0.573. The average Bonchev–Trinajstić information content (AvgIpc) is 2.84. The van der Waals surface area contributed by atoms with Gasteiger partial charge >= 0.3 is 0 Å². The Morgan fingerprint density at radius 2 is 2.19 bits per heavy atom. The minimum Gasteiger partial charge on any atom is -0.300 e. The van der Waals surface area contributed by atoms with Gasteiger partial charge in [0.2, 0.25) is 0 Å². The summed E-state index contributed by atoms with van der Waals surface area (Å²) in [4.78, 5) is 23.2. The van der Waals surface area contributed by atoms with E-state index in [1.807, 2.05) is 6.92 Å². The zero-order valence-electron chi connectivity index (χ0n) is 9.66. The summed E-state index contributed by atoms with van der Waals surface area (Å²) in [7, 11) is 0. The molecule has 0 bridgehead atoms. The molecule has 88 valence electrons. The van der Waals surface area contributed by atoms with E-state index in [-0.39, 0.29) is 11.5 Å². The van der Waals surface area contributed by atoms with Gasteiger partial charge in [-0.25, -0.2) is 0 Å². The summed E-state index contributed by atoms with van der Waals surface area (Å²) in [5, 5.41) is 2.94. The van der Waals surface area contributed by atoms with E-state index in [0.29, 0.717) is 18.7 Å². The van der Waals surface area contributed by atoms with Crippen molar-refractivity contribution in [1.82, 2.24) is 9.78 Å². The minimum atomic E-state index is -0.0447. The maximum Gasteiger partial charge on any atom is 0.266 e. The number of hydrogen-bond acceptors (Lipinski definition) is 2. The van der Waals surface area contributed by atoms with Crippen LogP contribution in [0.1, 0.15) is 37.8 Å². The lowest BCUT2D eigenvalue weighted by Gasteiger charge is -2.07. The molecule has 0 spiro atoms. The summed E-state index contributed by atoms with van der Waals surface area (Å²) in [6.45, 7) is 2.33. The molecule has 2 rings (SSSR count). The predicted octanol–water partition coefficient (Wildman–Crippen LogP) is 1.63. The molecule has 0 atom stereocenters. The molecule has 1 aliphatic carbocycles. The van der Waals surface area contributed by atoms with E-state index in [0.717, 1.165) is 18.5 Å². The van der Waals surface area contributed by atoms with Crippen molar-refractivity contribution in [2.24, 2.45) is 5.92 Å². The highest BCUT2D eigenvalue weighted by Crippen LogP contribution is 2.26. The Morgan fingerprint density at radius 1 is 1.50 bits per heavy atom. The summed E-state index contributed by atoms with van der Waals surface area (Å²) in [6, 6.07) is 1.56. The molecule has 1 aromatic heterocycles. The van der Waals surface area contributed by atoms with Crippen molar-refractivity contribution in [1.29, 1.82) is 0 Å². The van der Waals surface area contributed by atoms with Crippen molar-refractivity contribution >= 4 is 5.78 Å². The highest BCUT2D eigenvalue weighted by molar-refractivity contribution is 5.81. The largest absolute Gasteiger partial charge is 0.300 e. The van der Waals surface area contributed by atoms with Crippen LogP contribution in [-0.2, 0) is 11.3 Å². The molecule has 1 N–H and O–H groups in total. The van der Waals surface area contributed by atoms with Gasteiger partial charge in [0.1, 0.15) is 5.78 Å². The van der Waals surface area contributed by atoms with Crippen LogP contribution in [0, 0.1) is 12.8 Å². The highest BCUT2D eigenvalue weighted by atomic mass is 16.1. The van der Waals surface area contributed by atoms with E-state index in [9.17, 15) is 9.59 Å². The van der Waals surface area contributed by atoms with Gasteiger partial charge in [-0.2, -0.15) is 0 Å². The van der Waals surface area contributed by atoms with Crippen LogP contribution in [0.15, 0.2) is 10.9 Å². The van der Waals surface area contributed by atoms with Gasteiger partial charge in [-0.3, -0.25) is 19.4 Å². The molecule has 1 heterocycles. The monoisotopic (exact) mass is 222 g/mol. The SMILES string of the molecule is Cc1cc(=O)n(CCC(=O)C2CCCC2)[nH]1. The molecule has 0 amide bonds. The molecule has 1 aliphatic rings. The van der Waals surface area contributed by atoms with E-state index in [2.05, 4.69) is 5.10 Å². The van der Waals surface area contributed by atoms with Gasteiger partial charge in [0.25, 0.3) is 5.56 Å². The molecular weight excluding hydrogens is 204 g/mol. The number of carbonyl (C=O) groups excluding carboxylic acids is 1. The molecule has 1 aromatic rings. The number of ketones is 1. The van der Waals surface area contributed by atoms with Crippen LogP contribution in [0.4, 0.5) is 0 Å². The molecule has 0 aliphatic heterocycles. The Kier molecular flexibility index (Phi) is 3.27. The molecule has 16 heavy (non-hydrogen) atoms. The van der Waals surface area contributed by atoms with Gasteiger partial charge in [0, 0.05) is 30.6 Å². The standard InChI is InChI=1S/C12H18N2O2/c1-9-8-12(16)14(13-9)7-6-11(15)10-4-2-3-5-10/h8,10,13H,2-7H2,1H3. The van der Waals surface area contributed by atoms with Crippen LogP contribution in [0.5, 0.6) is 0 Å². The zero-order chi connectivity index (χ0) is 11.5. The van der Waals surface area contributed by atoms with Gasteiger partial charge < -0.3 is 0 Å². The number of aromatic amines is 1. The Labute approximate surface area is 94.6 Å². The Bertz CT molecular complexity index is 424. The molecular formula is C12H18N2O2. The van der Waals surface area contributed by atoms with E-state index in [1.165, 1.54) is 17.5 Å². The second kappa shape index (κ2) is 4.68. The molecule has 0 unspecified atom stereocenters. The van der Waals surface area contributed by atoms with Crippen molar-refractivity contribution in [3.63, 3.8) is 0 Å². The third-order valence-corrected chi connectivity index (χ3v) is 3.31. The molecule has 1 fully saturated rings. The zero-order valence-corrected chi connectivity index (χ0v) is 9.66. The molecule has 0 aromatic carbocycles. The van der Waals surface area contributed by atoms with Gasteiger partial charge in [-0.1, -0.05) is 12.8 Å². The molecule has 0 radical (unpaired) electrons. The van der Waals surface area contributed by atoms with Crippen molar-refractivity contribution < 1.29 is 4.79 Å². The summed E-state index contributed by atoms with van der Waals surface area (Å²) in [5.41, 5.74) is 0.801. The van der Waals surface area contributed by atoms with E-state index in [1.54, 1.807) is 6.07 Å². The Balaban J connectivity index is 1.89. The van der Waals surface area contributed by atoms with Gasteiger partial charge in [-0.15, -0.1) is 0 Å². The van der Waals surface area contributed by atoms with E-state index >= 15 is 0 Å². The average molecular weight is 222 g/mol. The molecule has 4 nitrogen and oxygen atoms in total. The van der Waals surface area contributed by atoms with Crippen LogP contribution < -0.4 is 5.56 Å². The number of nitrogens with one attached hydrogen (secondary N) is 1. The van der Waals surface area contributed by atoms with Gasteiger partial charge in [0.05, 0.1) is 0 Å². The predicted molar refractivity (Wildman–Crippen MR) is 61.4 cm³/mol. The number of carbonyl (C=O) groups is 1. The number of Topliss-reactive ketones (excluding diaryl/α,β-unsaturated/α-hetero) is 1. The van der Waals surface area contributed by atoms with Crippen molar-refractivity contribution in [2.45, 2.75) is 45.6 Å². The molecule has 4 heteroatoms. The number of rotatable bonds is 4. The third-order valence-electron chi connectivity index (χ3n) is 3.31. The number of aryl methyl sites for hydroxylation is 2. The highest BCUT2D eigenvalue weighted by Gasteiger charge is 2.22. The second-order valence-electron chi connectivity index (χ2n) is 4.63. The van der Waals surface area contributed by atoms with Crippen LogP contribution in [0.2, 0.25) is 0 Å². The summed E-state index contributed by atoms with van der Waals surface area (Å²) < 4.78 is 1.52. The summed E-state index contributed by atoms with van der Waals surface area (Å²) in [6.07, 6.45) is 4.91. The van der Waals surface area contributed by atoms with Crippen molar-refractivity contribution in [3.8, 4) is 0 Å². The second-order valence-corrected chi connectivity index (χ2v) is 4.63. The number of aromatic nitrogens is 2. The molecule has 1 saturated carbocycles. The number of hydrogen-bond donors (Lipinski definition) is 1. The van der Waals surface area contributed by atoms with Crippen molar-refractivity contribution in [3.05, 3.63) is 22.1 Å². The van der Waals surface area contributed by atoms with E-state index < -0.39 is 0 Å². The smallest absolute Gasteiger partial charge is 0.266 e. The third kappa shape index (κ3) is 2.43. The number of nitrogens with zero attached hydrogens (tertiary/aromatic N) is 1. The van der Waals surface area contributed by atoms with Crippen molar-refractivity contribution in [2.75, 3.05) is 0 Å². The van der Waals surface area contributed by atoms with E-state index in [4.69, 9.17) is 0 Å². The van der Waals surface area contributed by atoms with Crippen LogP contribution in [0.3, 0.4) is 0 Å². The minimum absolute atomic E-state index is 0.0447. The van der Waals surface area contributed by atoms with Crippen LogP contribution in [0.25, 0.3) is 0 Å². The van der Waals surface area contributed by atoms with Gasteiger partial charge in [0.15, 0.2) is 0 Å². The maximum atomic E-state index is 11.8. The fraction of sp³-hybridized carbons (Fsp3) is 0.667. The topological polar surface area (TPSA) is 54.9 Å². The first-order valence-electron chi connectivity index (χ1n) is 5.96. The van der Waals surface area contributed by atoms with Crippen LogP contribution >= 0.6 is 0 Å². The fourth-order valence-electron chi connectivity index (χ4n) is 2.40. The quantitative estimate of drug-likeness (QED) is 0.841. The normalized spacial score (nSPS) is 16.8.